The molecular weight excluding hydrogens is 310 g/mol. The fourth-order valence-electron chi connectivity index (χ4n) is 2.18. The first-order valence-corrected chi connectivity index (χ1v) is 7.25. The molecule has 2 rings (SSSR count). The van der Waals surface area contributed by atoms with Gasteiger partial charge in [0, 0.05) is 23.1 Å². The second-order valence-electron chi connectivity index (χ2n) is 4.73. The van der Waals surface area contributed by atoms with Crippen LogP contribution in [0.15, 0.2) is 22.7 Å². The zero-order valence-corrected chi connectivity index (χ0v) is 12.5. The zero-order chi connectivity index (χ0) is 13.8. The lowest BCUT2D eigenvalue weighted by molar-refractivity contribution is -0.132. The van der Waals surface area contributed by atoms with Crippen LogP contribution in [0.2, 0.25) is 0 Å². The largest absolute Gasteiger partial charge is 0.483 e. The van der Waals surface area contributed by atoms with Crippen molar-refractivity contribution in [3.8, 4) is 5.75 Å². The summed E-state index contributed by atoms with van der Waals surface area (Å²) < 4.78 is 6.43. The van der Waals surface area contributed by atoms with Crippen molar-refractivity contribution in [1.82, 2.24) is 4.90 Å². The summed E-state index contributed by atoms with van der Waals surface area (Å²) in [6.07, 6.45) is 1.52. The number of benzene rings is 1. The Kier molecular flexibility index (Phi) is 4.82. The SMILES string of the molecule is C[C@@H](O)c1ccc(Br)cc1OCC(=O)N1CCCC1. The highest BCUT2D eigenvalue weighted by atomic mass is 79.9. The molecular formula is C14H18BrNO3. The molecule has 0 aliphatic carbocycles. The smallest absolute Gasteiger partial charge is 0.260 e. The van der Waals surface area contributed by atoms with Gasteiger partial charge in [-0.1, -0.05) is 22.0 Å². The first-order chi connectivity index (χ1) is 9.08. The normalized spacial score (nSPS) is 16.5. The summed E-state index contributed by atoms with van der Waals surface area (Å²) >= 11 is 3.36. The molecule has 1 aliphatic rings. The van der Waals surface area contributed by atoms with Crippen molar-refractivity contribution < 1.29 is 14.6 Å². The standard InChI is InChI=1S/C14H18BrNO3/c1-10(17)12-5-4-11(15)8-13(12)19-9-14(18)16-6-2-3-7-16/h4-5,8,10,17H,2-3,6-7,9H2,1H3/t10-/m1/s1. The van der Waals surface area contributed by atoms with Crippen LogP contribution in [-0.4, -0.2) is 35.6 Å². The number of halogens is 1. The maximum atomic E-state index is 11.9. The van der Waals surface area contributed by atoms with E-state index >= 15 is 0 Å². The minimum absolute atomic E-state index is 0.00835. The van der Waals surface area contributed by atoms with Crippen LogP contribution in [0.25, 0.3) is 0 Å². The van der Waals surface area contributed by atoms with E-state index < -0.39 is 6.10 Å². The van der Waals surface area contributed by atoms with Crippen LogP contribution >= 0.6 is 15.9 Å². The van der Waals surface area contributed by atoms with Gasteiger partial charge in [0.1, 0.15) is 5.75 Å². The Morgan fingerprint density at radius 3 is 2.79 bits per heavy atom. The van der Waals surface area contributed by atoms with Crippen LogP contribution in [0.1, 0.15) is 31.4 Å². The van der Waals surface area contributed by atoms with E-state index in [1.807, 2.05) is 11.0 Å². The van der Waals surface area contributed by atoms with E-state index in [0.29, 0.717) is 11.3 Å². The van der Waals surface area contributed by atoms with Crippen molar-refractivity contribution in [2.75, 3.05) is 19.7 Å². The molecule has 0 saturated carbocycles. The number of ether oxygens (including phenoxy) is 1. The molecule has 1 atom stereocenters. The molecule has 1 aromatic rings. The molecule has 4 nitrogen and oxygen atoms in total. The van der Waals surface area contributed by atoms with E-state index in [1.165, 1.54) is 0 Å². The second kappa shape index (κ2) is 6.39. The molecule has 5 heteroatoms. The molecule has 1 heterocycles. The summed E-state index contributed by atoms with van der Waals surface area (Å²) in [5.41, 5.74) is 0.692. The van der Waals surface area contributed by atoms with Gasteiger partial charge in [0.15, 0.2) is 6.61 Å². The molecule has 1 aromatic carbocycles. The number of likely N-dealkylation sites (tertiary alicyclic amines) is 1. The molecule has 1 N–H and O–H groups in total. The fourth-order valence-corrected chi connectivity index (χ4v) is 2.52. The monoisotopic (exact) mass is 327 g/mol. The first kappa shape index (κ1) is 14.3. The van der Waals surface area contributed by atoms with Gasteiger partial charge in [-0.2, -0.15) is 0 Å². The Morgan fingerprint density at radius 2 is 2.16 bits per heavy atom. The number of carbonyl (C=O) groups is 1. The van der Waals surface area contributed by atoms with Gasteiger partial charge in [-0.3, -0.25) is 4.79 Å². The van der Waals surface area contributed by atoms with E-state index in [4.69, 9.17) is 4.74 Å². The lowest BCUT2D eigenvalue weighted by atomic mass is 10.1. The predicted octanol–water partition coefficient (Wildman–Crippen LogP) is 2.50. The summed E-state index contributed by atoms with van der Waals surface area (Å²) in [4.78, 5) is 13.7. The third kappa shape index (κ3) is 3.70. The van der Waals surface area contributed by atoms with Crippen molar-refractivity contribution in [2.24, 2.45) is 0 Å². The van der Waals surface area contributed by atoms with E-state index in [-0.39, 0.29) is 12.5 Å². The van der Waals surface area contributed by atoms with Gasteiger partial charge in [-0.15, -0.1) is 0 Å². The van der Waals surface area contributed by atoms with Gasteiger partial charge >= 0.3 is 0 Å². The highest BCUT2D eigenvalue weighted by Crippen LogP contribution is 2.28. The van der Waals surface area contributed by atoms with Crippen LogP contribution < -0.4 is 4.74 Å². The first-order valence-electron chi connectivity index (χ1n) is 6.46. The Bertz CT molecular complexity index is 456. The summed E-state index contributed by atoms with van der Waals surface area (Å²) in [7, 11) is 0. The minimum Gasteiger partial charge on any atom is -0.483 e. The molecule has 1 amide bonds. The number of nitrogens with zero attached hydrogens (tertiary/aromatic N) is 1. The number of carbonyl (C=O) groups excluding carboxylic acids is 1. The topological polar surface area (TPSA) is 49.8 Å². The molecule has 104 valence electrons. The zero-order valence-electron chi connectivity index (χ0n) is 10.9. The third-order valence-electron chi connectivity index (χ3n) is 3.24. The van der Waals surface area contributed by atoms with Crippen molar-refractivity contribution >= 4 is 21.8 Å². The van der Waals surface area contributed by atoms with Crippen LogP contribution in [0.4, 0.5) is 0 Å². The Balaban J connectivity index is 2.01. The fraction of sp³-hybridized carbons (Fsp3) is 0.500. The average Bonchev–Trinajstić information content (AvgIpc) is 2.89. The van der Waals surface area contributed by atoms with Gasteiger partial charge < -0.3 is 14.7 Å². The van der Waals surface area contributed by atoms with Crippen LogP contribution in [0.5, 0.6) is 5.75 Å². The highest BCUT2D eigenvalue weighted by Gasteiger charge is 2.19. The molecule has 19 heavy (non-hydrogen) atoms. The molecule has 0 unspecified atom stereocenters. The van der Waals surface area contributed by atoms with Crippen molar-refractivity contribution in [1.29, 1.82) is 0 Å². The molecule has 0 bridgehead atoms. The van der Waals surface area contributed by atoms with E-state index in [0.717, 1.165) is 30.4 Å². The van der Waals surface area contributed by atoms with E-state index in [1.54, 1.807) is 19.1 Å². The Hall–Kier alpha value is -1.07. The van der Waals surface area contributed by atoms with Gasteiger partial charge in [0.2, 0.25) is 0 Å². The maximum Gasteiger partial charge on any atom is 0.260 e. The number of hydrogen-bond donors (Lipinski definition) is 1. The third-order valence-corrected chi connectivity index (χ3v) is 3.73. The van der Waals surface area contributed by atoms with Crippen molar-refractivity contribution in [3.63, 3.8) is 0 Å². The van der Waals surface area contributed by atoms with Gasteiger partial charge in [-0.25, -0.2) is 0 Å². The van der Waals surface area contributed by atoms with Crippen molar-refractivity contribution in [2.45, 2.75) is 25.9 Å². The van der Waals surface area contributed by atoms with Gasteiger partial charge in [0.25, 0.3) is 5.91 Å². The molecule has 0 spiro atoms. The van der Waals surface area contributed by atoms with E-state index in [9.17, 15) is 9.90 Å². The van der Waals surface area contributed by atoms with Crippen molar-refractivity contribution in [3.05, 3.63) is 28.2 Å². The minimum atomic E-state index is -0.620. The summed E-state index contributed by atoms with van der Waals surface area (Å²) in [6, 6.07) is 5.42. The predicted molar refractivity (Wildman–Crippen MR) is 76.1 cm³/mol. The average molecular weight is 328 g/mol. The number of hydrogen-bond acceptors (Lipinski definition) is 3. The van der Waals surface area contributed by atoms with Gasteiger partial charge in [0.05, 0.1) is 6.10 Å². The number of rotatable bonds is 4. The van der Waals surface area contributed by atoms with Crippen LogP contribution in [0.3, 0.4) is 0 Å². The summed E-state index contributed by atoms with van der Waals surface area (Å²) in [6.45, 7) is 3.35. The molecule has 0 aromatic heterocycles. The van der Waals surface area contributed by atoms with Gasteiger partial charge in [-0.05, 0) is 31.9 Å². The molecule has 1 aliphatic heterocycles. The summed E-state index contributed by atoms with van der Waals surface area (Å²) in [5, 5.41) is 9.68. The number of aliphatic hydroxyl groups excluding tert-OH is 1. The number of aliphatic hydroxyl groups is 1. The Labute approximate surface area is 121 Å². The lowest BCUT2D eigenvalue weighted by Gasteiger charge is -2.17. The molecule has 1 saturated heterocycles. The highest BCUT2D eigenvalue weighted by molar-refractivity contribution is 9.10. The van der Waals surface area contributed by atoms with Crippen LogP contribution in [0, 0.1) is 0 Å². The lowest BCUT2D eigenvalue weighted by Crippen LogP contribution is -2.32. The maximum absolute atomic E-state index is 11.9. The quantitative estimate of drug-likeness (QED) is 0.924. The molecule has 0 radical (unpaired) electrons. The molecule has 1 fully saturated rings. The van der Waals surface area contributed by atoms with E-state index in [2.05, 4.69) is 15.9 Å². The van der Waals surface area contributed by atoms with Crippen LogP contribution in [-0.2, 0) is 4.79 Å². The Morgan fingerprint density at radius 1 is 1.47 bits per heavy atom. The number of amides is 1. The second-order valence-corrected chi connectivity index (χ2v) is 5.65. The summed E-state index contributed by atoms with van der Waals surface area (Å²) in [5.74, 6) is 0.561.